The molecule has 1 amide bonds. The minimum atomic E-state index is -2.67. The predicted octanol–water partition coefficient (Wildman–Crippen LogP) is 2.95. The number of imidazole rings is 1. The van der Waals surface area contributed by atoms with Crippen molar-refractivity contribution in [2.24, 2.45) is 13.0 Å². The van der Waals surface area contributed by atoms with E-state index in [4.69, 9.17) is 0 Å². The summed E-state index contributed by atoms with van der Waals surface area (Å²) < 4.78 is 29.1. The van der Waals surface area contributed by atoms with Crippen LogP contribution in [0.15, 0.2) is 12.4 Å². The van der Waals surface area contributed by atoms with Crippen LogP contribution < -0.4 is 0 Å². The van der Waals surface area contributed by atoms with Crippen LogP contribution in [0.25, 0.3) is 0 Å². The number of piperidine rings is 1. The highest BCUT2D eigenvalue weighted by molar-refractivity contribution is 5.79. The molecule has 122 valence electrons. The van der Waals surface area contributed by atoms with E-state index in [2.05, 4.69) is 4.98 Å². The number of hydrogen-bond acceptors (Lipinski definition) is 2. The monoisotopic (exact) mass is 311 g/mol. The standard InChI is InChI=1S/C16H23F2N3O/c1-20-9-7-19-14(20)13-5-3-8-21(11-13)15(22)12-4-2-6-16(17,18)10-12/h7,9,12-13H,2-6,8,10-11H2,1H3. The number of alkyl halides is 2. The summed E-state index contributed by atoms with van der Waals surface area (Å²) >= 11 is 0. The fourth-order valence-electron chi connectivity index (χ4n) is 3.80. The Labute approximate surface area is 129 Å². The van der Waals surface area contributed by atoms with Gasteiger partial charge in [0.1, 0.15) is 5.82 Å². The third kappa shape index (κ3) is 3.15. The SMILES string of the molecule is Cn1ccnc1C1CCCN(C(=O)C2CCCC(F)(F)C2)C1. The Bertz CT molecular complexity index is 543. The average molecular weight is 311 g/mol. The van der Waals surface area contributed by atoms with Crippen LogP contribution in [0.4, 0.5) is 8.78 Å². The lowest BCUT2D eigenvalue weighted by molar-refractivity contribution is -0.143. The highest BCUT2D eigenvalue weighted by Gasteiger charge is 2.41. The molecule has 3 rings (SSSR count). The molecule has 0 bridgehead atoms. The second kappa shape index (κ2) is 5.97. The molecule has 4 nitrogen and oxygen atoms in total. The first-order valence-electron chi connectivity index (χ1n) is 8.10. The maximum absolute atomic E-state index is 13.6. The zero-order valence-electron chi connectivity index (χ0n) is 13.0. The number of likely N-dealkylation sites (tertiary alicyclic amines) is 1. The van der Waals surface area contributed by atoms with E-state index >= 15 is 0 Å². The fourth-order valence-corrected chi connectivity index (χ4v) is 3.80. The van der Waals surface area contributed by atoms with Gasteiger partial charge in [-0.25, -0.2) is 13.8 Å². The van der Waals surface area contributed by atoms with Gasteiger partial charge in [0.25, 0.3) is 0 Å². The van der Waals surface area contributed by atoms with Gasteiger partial charge >= 0.3 is 0 Å². The van der Waals surface area contributed by atoms with Gasteiger partial charge in [-0.15, -0.1) is 0 Å². The second-order valence-corrected chi connectivity index (χ2v) is 6.67. The summed E-state index contributed by atoms with van der Waals surface area (Å²) in [5, 5.41) is 0. The first kappa shape index (κ1) is 15.4. The van der Waals surface area contributed by atoms with Crippen molar-refractivity contribution >= 4 is 5.91 Å². The Morgan fingerprint density at radius 1 is 1.36 bits per heavy atom. The topological polar surface area (TPSA) is 38.1 Å². The average Bonchev–Trinajstić information content (AvgIpc) is 2.92. The molecule has 0 radical (unpaired) electrons. The number of carbonyl (C=O) groups is 1. The van der Waals surface area contributed by atoms with Crippen molar-refractivity contribution in [2.45, 2.75) is 50.4 Å². The molecule has 1 saturated carbocycles. The van der Waals surface area contributed by atoms with Crippen LogP contribution in [0.1, 0.15) is 50.3 Å². The highest BCUT2D eigenvalue weighted by atomic mass is 19.3. The van der Waals surface area contributed by atoms with Gasteiger partial charge in [-0.1, -0.05) is 0 Å². The highest BCUT2D eigenvalue weighted by Crippen LogP contribution is 2.38. The summed E-state index contributed by atoms with van der Waals surface area (Å²) in [6.07, 6.45) is 6.25. The number of carbonyl (C=O) groups excluding carboxylic acids is 1. The second-order valence-electron chi connectivity index (χ2n) is 6.67. The summed E-state index contributed by atoms with van der Waals surface area (Å²) in [7, 11) is 1.95. The fraction of sp³-hybridized carbons (Fsp3) is 0.750. The Morgan fingerprint density at radius 2 is 2.18 bits per heavy atom. The summed E-state index contributed by atoms with van der Waals surface area (Å²) in [4.78, 5) is 18.8. The van der Waals surface area contributed by atoms with Gasteiger partial charge in [-0.05, 0) is 25.7 Å². The van der Waals surface area contributed by atoms with Crippen molar-refractivity contribution in [1.82, 2.24) is 14.5 Å². The van der Waals surface area contributed by atoms with E-state index < -0.39 is 11.8 Å². The molecular weight excluding hydrogens is 288 g/mol. The first-order valence-corrected chi connectivity index (χ1v) is 8.10. The Morgan fingerprint density at radius 3 is 2.86 bits per heavy atom. The van der Waals surface area contributed by atoms with Crippen molar-refractivity contribution in [2.75, 3.05) is 13.1 Å². The van der Waals surface area contributed by atoms with Crippen molar-refractivity contribution in [3.05, 3.63) is 18.2 Å². The zero-order chi connectivity index (χ0) is 15.7. The van der Waals surface area contributed by atoms with E-state index in [-0.39, 0.29) is 24.7 Å². The van der Waals surface area contributed by atoms with Gasteiger partial charge in [0.15, 0.2) is 0 Å². The molecule has 2 aliphatic rings. The van der Waals surface area contributed by atoms with Crippen LogP contribution in [0.5, 0.6) is 0 Å². The van der Waals surface area contributed by atoms with E-state index in [0.717, 1.165) is 18.7 Å². The molecule has 1 aliphatic heterocycles. The van der Waals surface area contributed by atoms with Gasteiger partial charge in [-0.2, -0.15) is 0 Å². The molecule has 0 aromatic carbocycles. The minimum Gasteiger partial charge on any atom is -0.342 e. The van der Waals surface area contributed by atoms with Crippen LogP contribution in [0.2, 0.25) is 0 Å². The lowest BCUT2D eigenvalue weighted by Gasteiger charge is -2.37. The number of nitrogens with zero attached hydrogens (tertiary/aromatic N) is 3. The molecule has 1 saturated heterocycles. The largest absolute Gasteiger partial charge is 0.342 e. The quantitative estimate of drug-likeness (QED) is 0.842. The number of amides is 1. The van der Waals surface area contributed by atoms with E-state index in [9.17, 15) is 13.6 Å². The lowest BCUT2D eigenvalue weighted by Crippen LogP contribution is -2.45. The van der Waals surface area contributed by atoms with Gasteiger partial charge in [0.05, 0.1) is 0 Å². The molecule has 0 spiro atoms. The van der Waals surface area contributed by atoms with Crippen molar-refractivity contribution in [3.63, 3.8) is 0 Å². The van der Waals surface area contributed by atoms with Crippen LogP contribution in [0, 0.1) is 5.92 Å². The van der Waals surface area contributed by atoms with E-state index in [0.29, 0.717) is 25.9 Å². The van der Waals surface area contributed by atoms with Crippen molar-refractivity contribution in [3.8, 4) is 0 Å². The molecule has 1 aliphatic carbocycles. The molecule has 1 aromatic heterocycles. The summed E-state index contributed by atoms with van der Waals surface area (Å²) in [6, 6.07) is 0. The number of aromatic nitrogens is 2. The van der Waals surface area contributed by atoms with E-state index in [1.165, 1.54) is 0 Å². The maximum Gasteiger partial charge on any atom is 0.248 e. The van der Waals surface area contributed by atoms with Crippen LogP contribution in [-0.4, -0.2) is 39.4 Å². The summed E-state index contributed by atoms with van der Waals surface area (Å²) in [6.45, 7) is 1.29. The normalized spacial score (nSPS) is 28.6. The molecule has 22 heavy (non-hydrogen) atoms. The predicted molar refractivity (Wildman–Crippen MR) is 78.7 cm³/mol. The Kier molecular flexibility index (Phi) is 4.19. The molecule has 0 N–H and O–H groups in total. The smallest absolute Gasteiger partial charge is 0.248 e. The third-order valence-corrected chi connectivity index (χ3v) is 4.95. The molecular formula is C16H23F2N3O. The maximum atomic E-state index is 13.6. The van der Waals surface area contributed by atoms with Gasteiger partial charge in [0, 0.05) is 57.2 Å². The molecule has 2 fully saturated rings. The van der Waals surface area contributed by atoms with Gasteiger partial charge in [-0.3, -0.25) is 4.79 Å². The number of halogens is 2. The van der Waals surface area contributed by atoms with Crippen LogP contribution in [0.3, 0.4) is 0 Å². The van der Waals surface area contributed by atoms with Crippen LogP contribution >= 0.6 is 0 Å². The van der Waals surface area contributed by atoms with Gasteiger partial charge in [0.2, 0.25) is 11.8 Å². The van der Waals surface area contributed by atoms with E-state index in [1.807, 2.05) is 17.8 Å². The molecule has 6 heteroatoms. The number of aryl methyl sites for hydroxylation is 1. The zero-order valence-corrected chi connectivity index (χ0v) is 13.0. The van der Waals surface area contributed by atoms with E-state index in [1.54, 1.807) is 11.1 Å². The first-order chi connectivity index (χ1) is 10.5. The third-order valence-electron chi connectivity index (χ3n) is 4.95. The molecule has 2 heterocycles. The summed E-state index contributed by atoms with van der Waals surface area (Å²) in [5.74, 6) is -2.08. The number of hydrogen-bond donors (Lipinski definition) is 0. The minimum absolute atomic E-state index is 0.0767. The Hall–Kier alpha value is -1.46. The van der Waals surface area contributed by atoms with Crippen LogP contribution in [-0.2, 0) is 11.8 Å². The Balaban J connectivity index is 1.67. The van der Waals surface area contributed by atoms with Crippen molar-refractivity contribution in [1.29, 1.82) is 0 Å². The van der Waals surface area contributed by atoms with Crippen molar-refractivity contribution < 1.29 is 13.6 Å². The van der Waals surface area contributed by atoms with Gasteiger partial charge < -0.3 is 9.47 Å². The molecule has 2 atom stereocenters. The molecule has 1 aromatic rings. The number of rotatable bonds is 2. The summed E-state index contributed by atoms with van der Waals surface area (Å²) in [5.41, 5.74) is 0. The molecule has 2 unspecified atom stereocenters. The lowest BCUT2D eigenvalue weighted by atomic mass is 9.84.